The van der Waals surface area contributed by atoms with E-state index in [1.54, 1.807) is 0 Å². The number of benzene rings is 1. The van der Waals surface area contributed by atoms with Gasteiger partial charge in [0.1, 0.15) is 11.9 Å². The Morgan fingerprint density at radius 2 is 1.94 bits per heavy atom. The van der Waals surface area contributed by atoms with E-state index in [1.165, 1.54) is 11.1 Å². The molecule has 2 nitrogen and oxygen atoms in total. The Kier molecular flexibility index (Phi) is 5.49. The molecule has 2 N–H and O–H groups in total. The van der Waals surface area contributed by atoms with Crippen LogP contribution in [0, 0.1) is 13.8 Å². The van der Waals surface area contributed by atoms with Crippen LogP contribution in [0.3, 0.4) is 0 Å². The molecule has 0 aliphatic heterocycles. The van der Waals surface area contributed by atoms with Crippen LogP contribution in [0.15, 0.2) is 18.2 Å². The van der Waals surface area contributed by atoms with E-state index in [9.17, 15) is 0 Å². The van der Waals surface area contributed by atoms with Crippen molar-refractivity contribution in [1.29, 1.82) is 0 Å². The van der Waals surface area contributed by atoms with Crippen molar-refractivity contribution in [3.63, 3.8) is 0 Å². The molecule has 0 aliphatic rings. The molecule has 1 aromatic rings. The van der Waals surface area contributed by atoms with E-state index in [-0.39, 0.29) is 12.1 Å². The number of nitrogens with two attached hydrogens (primary N) is 1. The normalized spacial score (nSPS) is 14.4. The van der Waals surface area contributed by atoms with Gasteiger partial charge in [-0.15, -0.1) is 0 Å². The second kappa shape index (κ2) is 6.65. The maximum Gasteiger partial charge on any atom is 0.122 e. The summed E-state index contributed by atoms with van der Waals surface area (Å²) in [4.78, 5) is 0. The van der Waals surface area contributed by atoms with Crippen molar-refractivity contribution >= 4 is 0 Å². The molecule has 0 fully saturated rings. The van der Waals surface area contributed by atoms with Gasteiger partial charge in [-0.25, -0.2) is 0 Å². The molecule has 2 heteroatoms. The van der Waals surface area contributed by atoms with E-state index in [4.69, 9.17) is 10.5 Å². The number of aryl methyl sites for hydroxylation is 1. The first kappa shape index (κ1) is 14.0. The van der Waals surface area contributed by atoms with Gasteiger partial charge in [0.2, 0.25) is 0 Å². The van der Waals surface area contributed by atoms with Crippen LogP contribution < -0.4 is 10.5 Å². The van der Waals surface area contributed by atoms with Gasteiger partial charge in [0.25, 0.3) is 0 Å². The lowest BCUT2D eigenvalue weighted by atomic mass is 10.0. The molecule has 0 bridgehead atoms. The van der Waals surface area contributed by atoms with Gasteiger partial charge < -0.3 is 10.5 Å². The zero-order valence-corrected chi connectivity index (χ0v) is 11.5. The van der Waals surface area contributed by atoms with Crippen LogP contribution in [-0.2, 0) is 0 Å². The standard InChI is InChI=1S/C15H25NO/c1-5-8-13(16)14(6-2)17-15-10-7-9-11(3)12(15)4/h7,9-10,13-14H,5-6,8,16H2,1-4H3. The van der Waals surface area contributed by atoms with Crippen molar-refractivity contribution in [3.8, 4) is 5.75 Å². The monoisotopic (exact) mass is 235 g/mol. The van der Waals surface area contributed by atoms with E-state index in [0.717, 1.165) is 25.0 Å². The van der Waals surface area contributed by atoms with Gasteiger partial charge in [0.05, 0.1) is 0 Å². The van der Waals surface area contributed by atoms with Crippen molar-refractivity contribution in [3.05, 3.63) is 29.3 Å². The lowest BCUT2D eigenvalue weighted by Gasteiger charge is -2.25. The Bertz CT molecular complexity index is 349. The van der Waals surface area contributed by atoms with E-state index in [2.05, 4.69) is 33.8 Å². The molecule has 0 radical (unpaired) electrons. The van der Waals surface area contributed by atoms with Gasteiger partial charge >= 0.3 is 0 Å². The summed E-state index contributed by atoms with van der Waals surface area (Å²) < 4.78 is 6.06. The summed E-state index contributed by atoms with van der Waals surface area (Å²) in [6, 6.07) is 6.30. The zero-order valence-electron chi connectivity index (χ0n) is 11.5. The third-order valence-corrected chi connectivity index (χ3v) is 3.34. The first-order chi connectivity index (χ1) is 8.10. The highest BCUT2D eigenvalue weighted by Gasteiger charge is 2.17. The highest BCUT2D eigenvalue weighted by atomic mass is 16.5. The van der Waals surface area contributed by atoms with Gasteiger partial charge in [-0.1, -0.05) is 32.4 Å². The maximum atomic E-state index is 6.15. The molecule has 0 spiro atoms. The Morgan fingerprint density at radius 3 is 2.53 bits per heavy atom. The van der Waals surface area contributed by atoms with Gasteiger partial charge in [0.15, 0.2) is 0 Å². The molecular weight excluding hydrogens is 210 g/mol. The number of hydrogen-bond acceptors (Lipinski definition) is 2. The lowest BCUT2D eigenvalue weighted by Crippen LogP contribution is -2.38. The van der Waals surface area contributed by atoms with Crippen LogP contribution in [0.25, 0.3) is 0 Å². The van der Waals surface area contributed by atoms with E-state index >= 15 is 0 Å². The predicted octanol–water partition coefficient (Wildman–Crippen LogP) is 3.59. The summed E-state index contributed by atoms with van der Waals surface area (Å²) in [7, 11) is 0. The first-order valence-electron chi connectivity index (χ1n) is 6.58. The Hall–Kier alpha value is -1.02. The molecular formula is C15H25NO. The summed E-state index contributed by atoms with van der Waals surface area (Å²) >= 11 is 0. The molecule has 1 aromatic carbocycles. The smallest absolute Gasteiger partial charge is 0.122 e. The van der Waals surface area contributed by atoms with Crippen molar-refractivity contribution in [2.45, 2.75) is 59.1 Å². The molecule has 0 heterocycles. The Balaban J connectivity index is 2.77. The maximum absolute atomic E-state index is 6.15. The summed E-state index contributed by atoms with van der Waals surface area (Å²) in [5.74, 6) is 0.975. The minimum Gasteiger partial charge on any atom is -0.489 e. The van der Waals surface area contributed by atoms with Crippen molar-refractivity contribution in [2.75, 3.05) is 0 Å². The topological polar surface area (TPSA) is 35.2 Å². The van der Waals surface area contributed by atoms with Crippen LogP contribution in [0.5, 0.6) is 5.75 Å². The first-order valence-corrected chi connectivity index (χ1v) is 6.58. The minimum atomic E-state index is 0.121. The fourth-order valence-corrected chi connectivity index (χ4v) is 2.01. The fourth-order valence-electron chi connectivity index (χ4n) is 2.01. The molecule has 17 heavy (non-hydrogen) atoms. The summed E-state index contributed by atoms with van der Waals surface area (Å²) in [5.41, 5.74) is 8.63. The van der Waals surface area contributed by atoms with E-state index in [1.807, 2.05) is 12.1 Å². The quantitative estimate of drug-likeness (QED) is 0.818. The second-order valence-corrected chi connectivity index (χ2v) is 4.72. The van der Waals surface area contributed by atoms with Crippen LogP contribution in [-0.4, -0.2) is 12.1 Å². The van der Waals surface area contributed by atoms with Crippen molar-refractivity contribution < 1.29 is 4.74 Å². The fraction of sp³-hybridized carbons (Fsp3) is 0.600. The average Bonchev–Trinajstić information content (AvgIpc) is 2.31. The third-order valence-electron chi connectivity index (χ3n) is 3.34. The van der Waals surface area contributed by atoms with Gasteiger partial charge in [-0.05, 0) is 43.9 Å². The van der Waals surface area contributed by atoms with Crippen LogP contribution >= 0.6 is 0 Å². The largest absolute Gasteiger partial charge is 0.489 e. The zero-order chi connectivity index (χ0) is 12.8. The predicted molar refractivity (Wildman–Crippen MR) is 73.5 cm³/mol. The number of rotatable bonds is 6. The number of hydrogen-bond donors (Lipinski definition) is 1. The highest BCUT2D eigenvalue weighted by molar-refractivity contribution is 5.38. The third kappa shape index (κ3) is 3.74. The van der Waals surface area contributed by atoms with Crippen LogP contribution in [0.2, 0.25) is 0 Å². The van der Waals surface area contributed by atoms with Crippen LogP contribution in [0.4, 0.5) is 0 Å². The molecule has 1 rings (SSSR count). The second-order valence-electron chi connectivity index (χ2n) is 4.72. The number of ether oxygens (including phenoxy) is 1. The van der Waals surface area contributed by atoms with E-state index in [0.29, 0.717) is 0 Å². The molecule has 96 valence electrons. The summed E-state index contributed by atoms with van der Waals surface area (Å²) in [6.45, 7) is 8.49. The molecule has 2 unspecified atom stereocenters. The Morgan fingerprint density at radius 1 is 1.24 bits per heavy atom. The van der Waals surface area contributed by atoms with E-state index < -0.39 is 0 Å². The van der Waals surface area contributed by atoms with Gasteiger partial charge in [0, 0.05) is 6.04 Å². The highest BCUT2D eigenvalue weighted by Crippen LogP contribution is 2.23. The molecule has 0 amide bonds. The molecule has 0 saturated heterocycles. The summed E-state index contributed by atoms with van der Waals surface area (Å²) in [5, 5.41) is 0. The molecule has 2 atom stereocenters. The minimum absolute atomic E-state index is 0.121. The van der Waals surface area contributed by atoms with Gasteiger partial charge in [-0.2, -0.15) is 0 Å². The lowest BCUT2D eigenvalue weighted by molar-refractivity contribution is 0.160. The molecule has 0 aliphatic carbocycles. The molecule has 0 aromatic heterocycles. The Labute approximate surface area is 105 Å². The van der Waals surface area contributed by atoms with Crippen molar-refractivity contribution in [2.24, 2.45) is 5.73 Å². The SMILES string of the molecule is CCCC(N)C(CC)Oc1cccc(C)c1C. The average molecular weight is 235 g/mol. The summed E-state index contributed by atoms with van der Waals surface area (Å²) in [6.07, 6.45) is 3.20. The van der Waals surface area contributed by atoms with Gasteiger partial charge in [-0.3, -0.25) is 0 Å². The van der Waals surface area contributed by atoms with Crippen LogP contribution in [0.1, 0.15) is 44.2 Å². The van der Waals surface area contributed by atoms with Crippen molar-refractivity contribution in [1.82, 2.24) is 0 Å². The molecule has 0 saturated carbocycles.